The van der Waals surface area contributed by atoms with Gasteiger partial charge < -0.3 is 15.5 Å². The molecule has 0 aromatic carbocycles. The highest BCUT2D eigenvalue weighted by Gasteiger charge is 2.32. The number of carbonyl (C=O) groups is 1. The number of aromatic nitrogens is 2. The van der Waals surface area contributed by atoms with E-state index in [1.807, 2.05) is 25.8 Å². The maximum atomic E-state index is 11.9. The summed E-state index contributed by atoms with van der Waals surface area (Å²) in [5, 5.41) is 6.35. The van der Waals surface area contributed by atoms with E-state index in [4.69, 9.17) is 0 Å². The number of amides is 1. The van der Waals surface area contributed by atoms with Gasteiger partial charge in [-0.05, 0) is 32.6 Å². The number of nitrogens with one attached hydrogen (secondary N) is 2. The summed E-state index contributed by atoms with van der Waals surface area (Å²) in [5.41, 5.74) is 1.54. The van der Waals surface area contributed by atoms with E-state index in [0.29, 0.717) is 12.0 Å². The van der Waals surface area contributed by atoms with Gasteiger partial charge in [0.1, 0.15) is 11.7 Å². The lowest BCUT2D eigenvalue weighted by atomic mass is 9.78. The molecule has 2 N–H and O–H groups in total. The van der Waals surface area contributed by atoms with Crippen molar-refractivity contribution in [3.63, 3.8) is 0 Å². The first-order valence-corrected chi connectivity index (χ1v) is 8.18. The summed E-state index contributed by atoms with van der Waals surface area (Å²) in [4.78, 5) is 23.0. The Balaban J connectivity index is 1.75. The molecule has 22 heavy (non-hydrogen) atoms. The SMILES string of the molecule is CCCC1CC(Nc2nc(C)c3c(n2)N(C)[C@@H](C)C(=O)N3)C1. The van der Waals surface area contributed by atoms with Crippen LogP contribution < -0.4 is 15.5 Å². The van der Waals surface area contributed by atoms with Gasteiger partial charge in [-0.25, -0.2) is 4.98 Å². The van der Waals surface area contributed by atoms with Gasteiger partial charge in [0.05, 0.1) is 5.69 Å². The van der Waals surface area contributed by atoms with Crippen LogP contribution in [0.3, 0.4) is 0 Å². The van der Waals surface area contributed by atoms with Crippen LogP contribution in [-0.2, 0) is 4.79 Å². The maximum Gasteiger partial charge on any atom is 0.246 e. The van der Waals surface area contributed by atoms with Crippen LogP contribution in [0.15, 0.2) is 0 Å². The molecule has 0 bridgehead atoms. The van der Waals surface area contributed by atoms with Gasteiger partial charge in [-0.15, -0.1) is 0 Å². The van der Waals surface area contributed by atoms with Crippen molar-refractivity contribution >= 4 is 23.4 Å². The topological polar surface area (TPSA) is 70.2 Å². The lowest BCUT2D eigenvalue weighted by Gasteiger charge is -2.37. The van der Waals surface area contributed by atoms with Crippen molar-refractivity contribution < 1.29 is 4.79 Å². The largest absolute Gasteiger partial charge is 0.351 e. The van der Waals surface area contributed by atoms with E-state index in [1.165, 1.54) is 25.7 Å². The number of likely N-dealkylation sites (N-methyl/N-ethyl adjacent to an activating group) is 1. The minimum Gasteiger partial charge on any atom is -0.351 e. The molecule has 1 fully saturated rings. The van der Waals surface area contributed by atoms with Crippen molar-refractivity contribution in [1.82, 2.24) is 9.97 Å². The average molecular weight is 303 g/mol. The van der Waals surface area contributed by atoms with Crippen LogP contribution >= 0.6 is 0 Å². The molecule has 2 heterocycles. The Morgan fingerprint density at radius 1 is 1.36 bits per heavy atom. The molecule has 1 aliphatic heterocycles. The van der Waals surface area contributed by atoms with Gasteiger partial charge in [-0.1, -0.05) is 19.8 Å². The molecule has 1 aliphatic carbocycles. The van der Waals surface area contributed by atoms with Gasteiger partial charge in [0.2, 0.25) is 11.9 Å². The number of anilines is 3. The lowest BCUT2D eigenvalue weighted by molar-refractivity contribution is -0.117. The van der Waals surface area contributed by atoms with Crippen molar-refractivity contribution in [2.24, 2.45) is 5.92 Å². The zero-order valence-corrected chi connectivity index (χ0v) is 13.8. The summed E-state index contributed by atoms with van der Waals surface area (Å²) in [7, 11) is 1.90. The molecule has 1 atom stereocenters. The Morgan fingerprint density at radius 2 is 2.09 bits per heavy atom. The molecule has 1 saturated carbocycles. The predicted octanol–water partition coefficient (Wildman–Crippen LogP) is 2.55. The number of carbonyl (C=O) groups excluding carboxylic acids is 1. The van der Waals surface area contributed by atoms with Crippen molar-refractivity contribution in [1.29, 1.82) is 0 Å². The number of hydrogen-bond donors (Lipinski definition) is 2. The molecule has 0 saturated heterocycles. The molecule has 3 rings (SSSR count). The van der Waals surface area contributed by atoms with Crippen LogP contribution in [0.2, 0.25) is 0 Å². The van der Waals surface area contributed by atoms with E-state index in [9.17, 15) is 4.79 Å². The fraction of sp³-hybridized carbons (Fsp3) is 0.688. The fourth-order valence-electron chi connectivity index (χ4n) is 3.29. The van der Waals surface area contributed by atoms with Crippen molar-refractivity contribution in [3.8, 4) is 0 Å². The summed E-state index contributed by atoms with van der Waals surface area (Å²) in [6.45, 7) is 6.03. The van der Waals surface area contributed by atoms with E-state index in [-0.39, 0.29) is 11.9 Å². The maximum absolute atomic E-state index is 11.9. The Labute approximate surface area is 131 Å². The van der Waals surface area contributed by atoms with Crippen molar-refractivity contribution in [2.75, 3.05) is 22.6 Å². The highest BCUT2D eigenvalue weighted by atomic mass is 16.2. The number of fused-ring (bicyclic) bond motifs is 1. The minimum atomic E-state index is -0.215. The normalized spacial score (nSPS) is 27.0. The van der Waals surface area contributed by atoms with Gasteiger partial charge in [0.25, 0.3) is 0 Å². The summed E-state index contributed by atoms with van der Waals surface area (Å²) in [6, 6.07) is 0.266. The number of hydrogen-bond acceptors (Lipinski definition) is 5. The summed E-state index contributed by atoms with van der Waals surface area (Å²) in [5.74, 6) is 2.31. The summed E-state index contributed by atoms with van der Waals surface area (Å²) in [6.07, 6.45) is 4.98. The van der Waals surface area contributed by atoms with E-state index in [0.717, 1.165) is 23.1 Å². The molecular formula is C16H25N5O. The Morgan fingerprint density at radius 3 is 2.77 bits per heavy atom. The third-order valence-corrected chi connectivity index (χ3v) is 4.88. The van der Waals surface area contributed by atoms with Crippen LogP contribution in [0.25, 0.3) is 0 Å². The van der Waals surface area contributed by atoms with Gasteiger partial charge in [0, 0.05) is 13.1 Å². The smallest absolute Gasteiger partial charge is 0.246 e. The molecule has 0 radical (unpaired) electrons. The minimum absolute atomic E-state index is 0.0104. The highest BCUT2D eigenvalue weighted by molar-refractivity contribution is 6.03. The third-order valence-electron chi connectivity index (χ3n) is 4.88. The zero-order chi connectivity index (χ0) is 15.9. The van der Waals surface area contributed by atoms with Gasteiger partial charge in [-0.3, -0.25) is 4.79 Å². The van der Waals surface area contributed by atoms with E-state index < -0.39 is 0 Å². The second kappa shape index (κ2) is 5.74. The van der Waals surface area contributed by atoms with Crippen LogP contribution in [0.1, 0.15) is 45.2 Å². The molecule has 2 aliphatic rings. The second-order valence-corrected chi connectivity index (χ2v) is 6.57. The zero-order valence-electron chi connectivity index (χ0n) is 13.8. The van der Waals surface area contributed by atoms with Crippen LogP contribution in [0.4, 0.5) is 17.5 Å². The average Bonchev–Trinajstić information content (AvgIpc) is 2.44. The fourth-order valence-corrected chi connectivity index (χ4v) is 3.29. The lowest BCUT2D eigenvalue weighted by Crippen LogP contribution is -2.45. The van der Waals surface area contributed by atoms with Crippen molar-refractivity contribution in [2.45, 2.75) is 58.5 Å². The van der Waals surface area contributed by atoms with Gasteiger partial charge in [-0.2, -0.15) is 4.98 Å². The molecule has 0 spiro atoms. The molecule has 0 unspecified atom stereocenters. The summed E-state index contributed by atoms with van der Waals surface area (Å²) < 4.78 is 0. The van der Waals surface area contributed by atoms with E-state index in [1.54, 1.807) is 0 Å². The third kappa shape index (κ3) is 2.62. The molecule has 120 valence electrons. The quantitative estimate of drug-likeness (QED) is 0.894. The number of rotatable bonds is 4. The van der Waals surface area contributed by atoms with Crippen molar-refractivity contribution in [3.05, 3.63) is 5.69 Å². The monoisotopic (exact) mass is 303 g/mol. The molecule has 6 nitrogen and oxygen atoms in total. The Bertz CT molecular complexity index is 582. The first kappa shape index (κ1) is 15.1. The highest BCUT2D eigenvalue weighted by Crippen LogP contribution is 2.35. The molecule has 1 amide bonds. The van der Waals surface area contributed by atoms with Crippen LogP contribution in [-0.4, -0.2) is 35.0 Å². The van der Waals surface area contributed by atoms with Crippen LogP contribution in [0, 0.1) is 12.8 Å². The van der Waals surface area contributed by atoms with E-state index in [2.05, 4.69) is 27.5 Å². The molecule has 1 aromatic rings. The van der Waals surface area contributed by atoms with Gasteiger partial charge in [0.15, 0.2) is 5.82 Å². The summed E-state index contributed by atoms with van der Waals surface area (Å²) >= 11 is 0. The van der Waals surface area contributed by atoms with E-state index >= 15 is 0 Å². The number of nitrogens with zero attached hydrogens (tertiary/aromatic N) is 3. The first-order valence-electron chi connectivity index (χ1n) is 8.18. The standard InChI is InChI=1S/C16H25N5O/c1-5-6-11-7-12(8-11)18-16-17-9(2)13-14(20-16)21(4)10(3)15(22)19-13/h10-12H,5-8H2,1-4H3,(H,19,22)(H,17,18,20)/t10-,11?,12?/m0/s1. The number of aryl methyl sites for hydroxylation is 1. The van der Waals surface area contributed by atoms with Gasteiger partial charge >= 0.3 is 0 Å². The first-order chi connectivity index (χ1) is 10.5. The molecule has 1 aromatic heterocycles. The van der Waals surface area contributed by atoms with Crippen LogP contribution in [0.5, 0.6) is 0 Å². The molecular weight excluding hydrogens is 278 g/mol. The Kier molecular flexibility index (Phi) is 3.93. The predicted molar refractivity (Wildman–Crippen MR) is 88.3 cm³/mol. The second-order valence-electron chi connectivity index (χ2n) is 6.57. The molecule has 6 heteroatoms. The Hall–Kier alpha value is -1.85.